The molecule has 0 aromatic heterocycles. The smallest absolute Gasteiger partial charge is 0.462 e. The lowest BCUT2D eigenvalue weighted by atomic mass is 10.0. The summed E-state index contributed by atoms with van der Waals surface area (Å²) in [5, 5.41) is 10.5. The molecular formula is C64H124O17P2. The number of rotatable bonds is 63. The zero-order valence-electron chi connectivity index (χ0n) is 53.5. The Morgan fingerprint density at radius 1 is 0.325 bits per heavy atom. The molecule has 0 amide bonds. The Morgan fingerprint density at radius 3 is 0.819 bits per heavy atom. The van der Waals surface area contributed by atoms with E-state index in [-0.39, 0.29) is 25.7 Å². The minimum Gasteiger partial charge on any atom is -0.462 e. The Kier molecular flexibility index (Phi) is 55.2. The average Bonchev–Trinajstić information content (AvgIpc) is 3.44. The van der Waals surface area contributed by atoms with Crippen LogP contribution in [0.3, 0.4) is 0 Å². The lowest BCUT2D eigenvalue weighted by Gasteiger charge is -2.21. The van der Waals surface area contributed by atoms with Gasteiger partial charge in [-0.1, -0.05) is 266 Å². The van der Waals surface area contributed by atoms with E-state index in [2.05, 4.69) is 41.5 Å². The van der Waals surface area contributed by atoms with Gasteiger partial charge in [0.25, 0.3) is 0 Å². The molecule has 2 unspecified atom stereocenters. The Hall–Kier alpha value is -1.94. The number of hydrogen-bond acceptors (Lipinski definition) is 15. The monoisotopic (exact) mass is 1230 g/mol. The van der Waals surface area contributed by atoms with Gasteiger partial charge < -0.3 is 33.8 Å². The highest BCUT2D eigenvalue weighted by Crippen LogP contribution is 2.45. The van der Waals surface area contributed by atoms with Crippen molar-refractivity contribution < 1.29 is 80.2 Å². The molecule has 0 rings (SSSR count). The Labute approximate surface area is 505 Å². The molecule has 3 N–H and O–H groups in total. The largest absolute Gasteiger partial charge is 0.472 e. The molecule has 0 aliphatic carbocycles. The van der Waals surface area contributed by atoms with E-state index in [0.717, 1.165) is 115 Å². The SMILES string of the molecule is CCCCCCCCCCCCCCC(=O)O[C@H](COC(=O)CCCCCCCCC)COP(=O)(O)OC[C@H](O)COP(=O)(O)OC[C@@H](COC(=O)CCCCCCCCCCCC(C)C)OC(=O)CCCCCCCCCCCC(C)C. The summed E-state index contributed by atoms with van der Waals surface area (Å²) in [6.45, 7) is 9.42. The van der Waals surface area contributed by atoms with E-state index in [4.69, 9.17) is 37.0 Å². The molecule has 0 saturated heterocycles. The van der Waals surface area contributed by atoms with Crippen LogP contribution in [0.1, 0.15) is 318 Å². The lowest BCUT2D eigenvalue weighted by Crippen LogP contribution is -2.30. The van der Waals surface area contributed by atoms with Gasteiger partial charge in [-0.3, -0.25) is 37.3 Å². The normalized spacial score (nSPS) is 14.3. The maximum Gasteiger partial charge on any atom is 0.472 e. The van der Waals surface area contributed by atoms with Gasteiger partial charge in [0.1, 0.15) is 19.3 Å². The van der Waals surface area contributed by atoms with Crippen LogP contribution in [0.4, 0.5) is 0 Å². The number of esters is 4. The molecule has 0 bridgehead atoms. The highest BCUT2D eigenvalue weighted by molar-refractivity contribution is 7.47. The van der Waals surface area contributed by atoms with Crippen LogP contribution in [0.15, 0.2) is 0 Å². The summed E-state index contributed by atoms with van der Waals surface area (Å²) in [5.41, 5.74) is 0. The molecule has 0 fully saturated rings. The maximum atomic E-state index is 13.0. The molecule has 0 saturated carbocycles. The van der Waals surface area contributed by atoms with Crippen LogP contribution in [0, 0.1) is 11.8 Å². The minimum absolute atomic E-state index is 0.105. The van der Waals surface area contributed by atoms with E-state index >= 15 is 0 Å². The second-order valence-electron chi connectivity index (χ2n) is 24.1. The average molecular weight is 1230 g/mol. The van der Waals surface area contributed by atoms with E-state index in [1.165, 1.54) is 122 Å². The standard InChI is InChI=1S/C64H124O17P2/c1-7-9-11-13-15-16-17-18-23-30-36-42-48-63(68)80-59(52-74-61(66)46-40-34-26-14-12-10-8-2)54-78-82(70,71)76-50-58(65)51-77-83(72,73)79-55-60(81-64(69)49-43-37-31-25-20-22-28-33-39-45-57(5)6)53-75-62(67)47-41-35-29-24-19-21-27-32-38-44-56(3)4/h56-60,65H,7-55H2,1-6H3,(H,70,71)(H,72,73)/t58-,59+,60+/m0/s1. The Morgan fingerprint density at radius 2 is 0.554 bits per heavy atom. The summed E-state index contributed by atoms with van der Waals surface area (Å²) in [4.78, 5) is 72.1. The number of unbranched alkanes of at least 4 members (excludes halogenated alkanes) is 33. The first-order valence-corrected chi connectivity index (χ1v) is 36.5. The predicted molar refractivity (Wildman–Crippen MR) is 331 cm³/mol. The third-order valence-electron chi connectivity index (χ3n) is 14.7. The number of ether oxygens (including phenoxy) is 4. The van der Waals surface area contributed by atoms with Crippen molar-refractivity contribution in [2.24, 2.45) is 11.8 Å². The van der Waals surface area contributed by atoms with Crippen molar-refractivity contribution in [2.45, 2.75) is 336 Å². The number of phosphoric ester groups is 2. The van der Waals surface area contributed by atoms with Gasteiger partial charge in [-0.05, 0) is 37.5 Å². The molecular weight excluding hydrogens is 1100 g/mol. The van der Waals surface area contributed by atoms with E-state index in [1.807, 2.05) is 0 Å². The van der Waals surface area contributed by atoms with E-state index < -0.39 is 97.5 Å². The second kappa shape index (κ2) is 56.6. The predicted octanol–water partition coefficient (Wildman–Crippen LogP) is 17.7. The summed E-state index contributed by atoms with van der Waals surface area (Å²) >= 11 is 0. The highest BCUT2D eigenvalue weighted by atomic mass is 31.2. The zero-order chi connectivity index (χ0) is 61.5. The molecule has 0 aliphatic rings. The van der Waals surface area contributed by atoms with Gasteiger partial charge in [0.05, 0.1) is 26.4 Å². The van der Waals surface area contributed by atoms with Crippen LogP contribution in [0.25, 0.3) is 0 Å². The molecule has 0 radical (unpaired) electrons. The molecule has 19 heteroatoms. The number of phosphoric acid groups is 2. The molecule has 83 heavy (non-hydrogen) atoms. The molecule has 5 atom stereocenters. The summed E-state index contributed by atoms with van der Waals surface area (Å²) in [6.07, 6.45) is 39.0. The molecule has 0 aliphatic heterocycles. The van der Waals surface area contributed by atoms with Crippen LogP contribution >= 0.6 is 15.6 Å². The third-order valence-corrected chi connectivity index (χ3v) is 16.6. The van der Waals surface area contributed by atoms with Crippen molar-refractivity contribution in [1.82, 2.24) is 0 Å². The Bertz CT molecular complexity index is 1630. The topological polar surface area (TPSA) is 237 Å². The van der Waals surface area contributed by atoms with E-state index in [9.17, 15) is 43.2 Å². The first-order chi connectivity index (χ1) is 39.9. The molecule has 0 heterocycles. The van der Waals surface area contributed by atoms with Crippen LogP contribution in [-0.4, -0.2) is 96.7 Å². The van der Waals surface area contributed by atoms with Crippen LogP contribution in [-0.2, 0) is 65.4 Å². The number of aliphatic hydroxyl groups is 1. The first-order valence-electron chi connectivity index (χ1n) is 33.5. The molecule has 0 aromatic rings. The van der Waals surface area contributed by atoms with Crippen molar-refractivity contribution in [3.05, 3.63) is 0 Å². The van der Waals surface area contributed by atoms with E-state index in [1.54, 1.807) is 0 Å². The fraction of sp³-hybridized carbons (Fsp3) is 0.938. The number of carbonyl (C=O) groups excluding carboxylic acids is 4. The van der Waals surface area contributed by atoms with E-state index in [0.29, 0.717) is 25.7 Å². The fourth-order valence-corrected chi connectivity index (χ4v) is 11.1. The number of hydrogen-bond donors (Lipinski definition) is 3. The van der Waals surface area contributed by atoms with Gasteiger partial charge in [-0.2, -0.15) is 0 Å². The number of aliphatic hydroxyl groups excluding tert-OH is 1. The molecule has 492 valence electrons. The number of carbonyl (C=O) groups is 4. The van der Waals surface area contributed by atoms with Crippen LogP contribution in [0.5, 0.6) is 0 Å². The third kappa shape index (κ3) is 58.8. The van der Waals surface area contributed by atoms with Gasteiger partial charge in [0.15, 0.2) is 12.2 Å². The van der Waals surface area contributed by atoms with Crippen molar-refractivity contribution in [3.8, 4) is 0 Å². The molecule has 0 spiro atoms. The highest BCUT2D eigenvalue weighted by Gasteiger charge is 2.30. The van der Waals surface area contributed by atoms with Gasteiger partial charge in [0, 0.05) is 25.7 Å². The van der Waals surface area contributed by atoms with Crippen LogP contribution < -0.4 is 0 Å². The summed E-state index contributed by atoms with van der Waals surface area (Å²) in [7, 11) is -9.88. The lowest BCUT2D eigenvalue weighted by molar-refractivity contribution is -0.161. The van der Waals surface area contributed by atoms with Gasteiger partial charge in [-0.25, -0.2) is 9.13 Å². The summed E-state index contributed by atoms with van der Waals surface area (Å²) in [6, 6.07) is 0. The van der Waals surface area contributed by atoms with Gasteiger partial charge >= 0.3 is 39.5 Å². The molecule has 17 nitrogen and oxygen atoms in total. The molecule has 0 aromatic carbocycles. The van der Waals surface area contributed by atoms with Crippen molar-refractivity contribution >= 4 is 39.5 Å². The van der Waals surface area contributed by atoms with Crippen molar-refractivity contribution in [2.75, 3.05) is 39.6 Å². The second-order valence-corrected chi connectivity index (χ2v) is 27.0. The van der Waals surface area contributed by atoms with Gasteiger partial charge in [0.2, 0.25) is 0 Å². The van der Waals surface area contributed by atoms with Gasteiger partial charge in [-0.15, -0.1) is 0 Å². The zero-order valence-corrected chi connectivity index (χ0v) is 55.3. The summed E-state index contributed by atoms with van der Waals surface area (Å²) in [5.74, 6) is -0.657. The minimum atomic E-state index is -4.94. The summed E-state index contributed by atoms with van der Waals surface area (Å²) < 4.78 is 67.9. The van der Waals surface area contributed by atoms with Crippen molar-refractivity contribution in [3.63, 3.8) is 0 Å². The quantitative estimate of drug-likeness (QED) is 0.0222. The maximum absolute atomic E-state index is 13.0. The fourth-order valence-electron chi connectivity index (χ4n) is 9.53. The van der Waals surface area contributed by atoms with Crippen LogP contribution in [0.2, 0.25) is 0 Å². The van der Waals surface area contributed by atoms with Crippen molar-refractivity contribution in [1.29, 1.82) is 0 Å². The Balaban J connectivity index is 5.22. The first kappa shape index (κ1) is 81.1.